The number of allylic oxidation sites excluding steroid dienone is 4. The molecule has 1 N–H and O–H groups in total. The van der Waals surface area contributed by atoms with E-state index < -0.39 is 5.97 Å². The highest BCUT2D eigenvalue weighted by Gasteiger charge is 2.62. The first-order valence-electron chi connectivity index (χ1n) is 8.08. The van der Waals surface area contributed by atoms with Crippen molar-refractivity contribution in [3.8, 4) is 5.75 Å². The summed E-state index contributed by atoms with van der Waals surface area (Å²) in [7, 11) is 0. The molecular weight excluding hydrogens is 292 g/mol. The molecule has 2 aliphatic rings. The van der Waals surface area contributed by atoms with E-state index in [0.29, 0.717) is 18.8 Å². The summed E-state index contributed by atoms with van der Waals surface area (Å²) in [6, 6.07) is 0. The minimum absolute atomic E-state index is 0.213. The van der Waals surface area contributed by atoms with Crippen molar-refractivity contribution in [2.24, 2.45) is 17.3 Å². The minimum atomic E-state index is -0.731. The first-order chi connectivity index (χ1) is 11.1. The fourth-order valence-electron chi connectivity index (χ4n) is 3.37. The molecule has 1 aromatic rings. The Bertz CT molecular complexity index is 668. The summed E-state index contributed by atoms with van der Waals surface area (Å²) in [5, 5.41) is 9.42. The molecule has 1 heterocycles. The van der Waals surface area contributed by atoms with Gasteiger partial charge in [0.05, 0.1) is 24.4 Å². The topological polar surface area (TPSA) is 72.3 Å². The standard InChI is InChI=1S/C18H22N2O3/c1-3-16-19-10-15(12(2)20-16)23-11-18(9-14(18)17(21)22)13-7-5-4-6-8-13/h4-7,10,13-14H,3,8-9,11H2,1-2H3,(H,21,22)/t13?,14-,18+/m0/s1. The number of rotatable bonds is 6. The Morgan fingerprint density at radius 1 is 1.48 bits per heavy atom. The summed E-state index contributed by atoms with van der Waals surface area (Å²) in [6.07, 6.45) is 12.2. The second-order valence-corrected chi connectivity index (χ2v) is 6.36. The van der Waals surface area contributed by atoms with Crippen LogP contribution in [0.5, 0.6) is 5.75 Å². The third kappa shape index (κ3) is 3.00. The average molecular weight is 314 g/mol. The predicted octanol–water partition coefficient (Wildman–Crippen LogP) is 2.95. The number of carbonyl (C=O) groups is 1. The van der Waals surface area contributed by atoms with Crippen LogP contribution in [0.4, 0.5) is 0 Å². The Kier molecular flexibility index (Phi) is 4.20. The fourth-order valence-corrected chi connectivity index (χ4v) is 3.37. The van der Waals surface area contributed by atoms with E-state index in [-0.39, 0.29) is 17.3 Å². The lowest BCUT2D eigenvalue weighted by atomic mass is 9.82. The van der Waals surface area contributed by atoms with Crippen LogP contribution in [-0.2, 0) is 11.2 Å². The molecule has 1 aromatic heterocycles. The summed E-state index contributed by atoms with van der Waals surface area (Å²) in [5.74, 6) is 0.586. The first-order valence-corrected chi connectivity index (χ1v) is 8.08. The van der Waals surface area contributed by atoms with Gasteiger partial charge in [0.1, 0.15) is 5.82 Å². The van der Waals surface area contributed by atoms with Gasteiger partial charge in [-0.15, -0.1) is 0 Å². The maximum absolute atomic E-state index is 11.5. The summed E-state index contributed by atoms with van der Waals surface area (Å²) in [4.78, 5) is 20.1. The molecule has 122 valence electrons. The van der Waals surface area contributed by atoms with Gasteiger partial charge in [0.25, 0.3) is 0 Å². The van der Waals surface area contributed by atoms with Crippen molar-refractivity contribution in [1.82, 2.24) is 9.97 Å². The second kappa shape index (κ2) is 6.14. The molecule has 1 unspecified atom stereocenters. The third-order valence-electron chi connectivity index (χ3n) is 4.93. The van der Waals surface area contributed by atoms with Crippen molar-refractivity contribution >= 4 is 5.97 Å². The zero-order valence-corrected chi connectivity index (χ0v) is 13.5. The maximum atomic E-state index is 11.5. The Morgan fingerprint density at radius 2 is 2.30 bits per heavy atom. The van der Waals surface area contributed by atoms with Crippen LogP contribution in [-0.4, -0.2) is 27.7 Å². The van der Waals surface area contributed by atoms with Gasteiger partial charge in [-0.1, -0.05) is 31.2 Å². The Hall–Kier alpha value is -2.17. The van der Waals surface area contributed by atoms with Crippen molar-refractivity contribution in [1.29, 1.82) is 0 Å². The molecule has 1 fully saturated rings. The molecule has 23 heavy (non-hydrogen) atoms. The molecule has 0 bridgehead atoms. The van der Waals surface area contributed by atoms with Crippen LogP contribution in [0.15, 0.2) is 30.5 Å². The highest BCUT2D eigenvalue weighted by Crippen LogP contribution is 2.60. The molecule has 5 nitrogen and oxygen atoms in total. The van der Waals surface area contributed by atoms with Crippen LogP contribution in [0.3, 0.4) is 0 Å². The van der Waals surface area contributed by atoms with Crippen LogP contribution in [0, 0.1) is 24.2 Å². The van der Waals surface area contributed by atoms with Crippen molar-refractivity contribution in [3.63, 3.8) is 0 Å². The van der Waals surface area contributed by atoms with Gasteiger partial charge in [0, 0.05) is 11.8 Å². The van der Waals surface area contributed by atoms with Crippen molar-refractivity contribution < 1.29 is 14.6 Å². The number of carboxylic acid groups (broad SMARTS) is 1. The van der Waals surface area contributed by atoms with E-state index in [0.717, 1.165) is 24.4 Å². The quantitative estimate of drug-likeness (QED) is 0.874. The van der Waals surface area contributed by atoms with Gasteiger partial charge >= 0.3 is 5.97 Å². The first kappa shape index (κ1) is 15.7. The number of hydrogen-bond acceptors (Lipinski definition) is 4. The van der Waals surface area contributed by atoms with Crippen LogP contribution in [0.1, 0.15) is 31.3 Å². The smallest absolute Gasteiger partial charge is 0.307 e. The van der Waals surface area contributed by atoms with Gasteiger partial charge in [0.15, 0.2) is 5.75 Å². The molecule has 0 aliphatic heterocycles. The van der Waals surface area contributed by atoms with Crippen molar-refractivity contribution in [3.05, 3.63) is 42.0 Å². The highest BCUT2D eigenvalue weighted by molar-refractivity contribution is 5.75. The van der Waals surface area contributed by atoms with Gasteiger partial charge in [-0.05, 0) is 25.7 Å². The number of aryl methyl sites for hydroxylation is 2. The van der Waals surface area contributed by atoms with Gasteiger partial charge in [-0.2, -0.15) is 0 Å². The molecule has 3 atom stereocenters. The summed E-state index contributed by atoms with van der Waals surface area (Å²) in [6.45, 7) is 4.30. The van der Waals surface area contributed by atoms with E-state index in [9.17, 15) is 9.90 Å². The molecule has 0 spiro atoms. The van der Waals surface area contributed by atoms with Crippen LogP contribution in [0.2, 0.25) is 0 Å². The number of nitrogens with zero attached hydrogens (tertiary/aromatic N) is 2. The molecule has 0 amide bonds. The van der Waals surface area contributed by atoms with Crippen LogP contribution >= 0.6 is 0 Å². The van der Waals surface area contributed by atoms with Gasteiger partial charge in [-0.25, -0.2) is 9.97 Å². The van der Waals surface area contributed by atoms with Gasteiger partial charge in [0.2, 0.25) is 0 Å². The number of ether oxygens (including phenoxy) is 1. The Balaban J connectivity index is 1.74. The molecule has 1 saturated carbocycles. The summed E-state index contributed by atoms with van der Waals surface area (Å²) in [5.41, 5.74) is 0.488. The molecule has 3 rings (SSSR count). The van der Waals surface area contributed by atoms with E-state index in [2.05, 4.69) is 22.1 Å². The van der Waals surface area contributed by atoms with E-state index in [1.165, 1.54) is 0 Å². The van der Waals surface area contributed by atoms with Crippen molar-refractivity contribution in [2.45, 2.75) is 33.1 Å². The zero-order valence-electron chi connectivity index (χ0n) is 13.5. The zero-order chi connectivity index (χ0) is 16.4. The number of aromatic nitrogens is 2. The maximum Gasteiger partial charge on any atom is 0.307 e. The van der Waals surface area contributed by atoms with Gasteiger partial charge < -0.3 is 9.84 Å². The summed E-state index contributed by atoms with van der Waals surface area (Å²) < 4.78 is 5.95. The lowest BCUT2D eigenvalue weighted by Gasteiger charge is -2.26. The molecule has 0 saturated heterocycles. The molecule has 5 heteroatoms. The largest absolute Gasteiger partial charge is 0.489 e. The van der Waals surface area contributed by atoms with Crippen molar-refractivity contribution in [2.75, 3.05) is 6.61 Å². The fraction of sp³-hybridized carbons (Fsp3) is 0.500. The second-order valence-electron chi connectivity index (χ2n) is 6.36. The SMILES string of the molecule is CCc1ncc(OC[C@@]2(C3C=CC=CC3)C[C@H]2C(=O)O)c(C)n1. The monoisotopic (exact) mass is 314 g/mol. The molecule has 2 aliphatic carbocycles. The number of carboxylic acids is 1. The normalized spacial score (nSPS) is 28.6. The lowest BCUT2D eigenvalue weighted by Crippen LogP contribution is -2.27. The number of hydrogen-bond donors (Lipinski definition) is 1. The van der Waals surface area contributed by atoms with Crippen LogP contribution in [0.25, 0.3) is 0 Å². The van der Waals surface area contributed by atoms with Gasteiger partial charge in [-0.3, -0.25) is 4.79 Å². The van der Waals surface area contributed by atoms with E-state index in [4.69, 9.17) is 4.74 Å². The molecular formula is C18H22N2O3. The van der Waals surface area contributed by atoms with E-state index in [1.807, 2.05) is 26.0 Å². The Morgan fingerprint density at radius 3 is 2.87 bits per heavy atom. The third-order valence-corrected chi connectivity index (χ3v) is 4.93. The lowest BCUT2D eigenvalue weighted by molar-refractivity contribution is -0.140. The van der Waals surface area contributed by atoms with Crippen LogP contribution < -0.4 is 4.74 Å². The highest BCUT2D eigenvalue weighted by atomic mass is 16.5. The number of aliphatic carboxylic acids is 1. The van der Waals surface area contributed by atoms with E-state index >= 15 is 0 Å². The Labute approximate surface area is 136 Å². The summed E-state index contributed by atoms with van der Waals surface area (Å²) >= 11 is 0. The average Bonchev–Trinajstić information content (AvgIpc) is 3.31. The minimum Gasteiger partial charge on any atom is -0.489 e. The predicted molar refractivity (Wildman–Crippen MR) is 86.2 cm³/mol. The van der Waals surface area contributed by atoms with E-state index in [1.54, 1.807) is 6.20 Å². The molecule has 0 aromatic carbocycles. The molecule has 0 radical (unpaired) electrons.